The maximum Gasteiger partial charge on any atom is 1.00 e. The molecule has 0 aliphatic heterocycles. The van der Waals surface area contributed by atoms with Crippen molar-refractivity contribution in [1.29, 1.82) is 0 Å². The molecule has 4 heavy (non-hydrogen) atoms. The molecule has 0 aromatic carbocycles. The smallest absolute Gasteiger partial charge is 0.693 e. The Bertz CT molecular complexity index is 32.6. The molecule has 0 aliphatic carbocycles. The summed E-state index contributed by atoms with van der Waals surface area (Å²) in [5.74, 6) is 0. The van der Waals surface area contributed by atoms with Crippen LogP contribution in [0, 0.1) is 0 Å². The van der Waals surface area contributed by atoms with E-state index in [2.05, 4.69) is 12.2 Å². The molecule has 0 saturated heterocycles. The first-order valence-corrected chi connectivity index (χ1v) is 3.12. The van der Waals surface area contributed by atoms with Crippen LogP contribution in [0.15, 0.2) is 0 Å². The van der Waals surface area contributed by atoms with E-state index in [1.165, 1.54) is 0 Å². The molecule has 4 heteroatoms. The Labute approximate surface area is 31.3 Å². The third-order valence-corrected chi connectivity index (χ3v) is 0. The molecule has 0 heterocycles. The Morgan fingerprint density at radius 2 is 2.25 bits per heavy atom. The van der Waals surface area contributed by atoms with Gasteiger partial charge in [0.15, 0.2) is 0 Å². The second-order valence-electron chi connectivity index (χ2n) is 0.266. The summed E-state index contributed by atoms with van der Waals surface area (Å²) < 4.78 is 9.00. The zero-order valence-corrected chi connectivity index (χ0v) is 3.58. The highest BCUT2D eigenvalue weighted by molar-refractivity contribution is 8.25. The molecule has 0 rings (SSSR count). The predicted octanol–water partition coefficient (Wildman–Crippen LogP) is 0.0278. The molecular formula is H3O2PS. The van der Waals surface area contributed by atoms with Gasteiger partial charge in [0, 0.05) is 0 Å². The largest absolute Gasteiger partial charge is 1.00 e. The van der Waals surface area contributed by atoms with Crippen LogP contribution >= 0.6 is 7.23 Å². The molecule has 0 radical (unpaired) electrons. The first-order chi connectivity index (χ1) is 1.73. The zero-order chi connectivity index (χ0) is 3.58. The van der Waals surface area contributed by atoms with Crippen molar-refractivity contribution in [1.82, 2.24) is 0 Å². The van der Waals surface area contributed by atoms with Crippen molar-refractivity contribution in [2.45, 2.75) is 0 Å². The molecule has 0 saturated carbocycles. The van der Waals surface area contributed by atoms with Crippen molar-refractivity contribution < 1.29 is 10.9 Å². The second kappa shape index (κ2) is 1.82. The Balaban J connectivity index is 0. The van der Waals surface area contributed by atoms with Crippen LogP contribution in [0.1, 0.15) is 1.43 Å². The fourth-order valence-electron chi connectivity index (χ4n) is 0. The van der Waals surface area contributed by atoms with Crippen molar-refractivity contribution in [3.05, 3.63) is 0 Å². The van der Waals surface area contributed by atoms with E-state index < -0.39 is 7.23 Å². The molecular weight excluding hydrogens is 95.0 g/mol. The van der Waals surface area contributed by atoms with Gasteiger partial charge in [-0.05, 0) is 0 Å². The van der Waals surface area contributed by atoms with Gasteiger partial charge in [-0.2, -0.15) is 0 Å². The van der Waals surface area contributed by atoms with E-state index in [-0.39, 0.29) is 1.43 Å². The maximum atomic E-state index is 9.00. The van der Waals surface area contributed by atoms with Crippen LogP contribution < -0.4 is 0 Å². The predicted molar refractivity (Wildman–Crippen MR) is 19.7 cm³/mol. The Morgan fingerprint density at radius 1 is 2.25 bits per heavy atom. The van der Waals surface area contributed by atoms with Crippen LogP contribution in [0.4, 0.5) is 0 Å². The van der Waals surface area contributed by atoms with Gasteiger partial charge in [0.1, 0.15) is 0 Å². The van der Waals surface area contributed by atoms with Crippen LogP contribution in [-0.2, 0) is 16.8 Å². The molecule has 1 unspecified atom stereocenters. The van der Waals surface area contributed by atoms with Gasteiger partial charge < -0.3 is 21.7 Å². The zero-order valence-electron chi connectivity index (χ0n) is 2.76. The summed E-state index contributed by atoms with van der Waals surface area (Å²) in [7, 11) is -2.55. The fraction of sp³-hybridized carbons (Fsp3) is 0. The molecule has 0 spiro atoms. The Kier molecular flexibility index (Phi) is 2.07. The van der Waals surface area contributed by atoms with E-state index in [0.29, 0.717) is 0 Å². The van der Waals surface area contributed by atoms with Gasteiger partial charge in [0.2, 0.25) is 0 Å². The summed E-state index contributed by atoms with van der Waals surface area (Å²) in [6, 6.07) is 0. The third-order valence-electron chi connectivity index (χ3n) is 0. The van der Waals surface area contributed by atoms with Crippen molar-refractivity contribution >= 4 is 19.5 Å². The minimum atomic E-state index is -2.55. The quantitative estimate of drug-likeness (QED) is 0.343. The summed E-state index contributed by atoms with van der Waals surface area (Å²) in [5.41, 5.74) is 0. The summed E-state index contributed by atoms with van der Waals surface area (Å²) in [6.45, 7) is 0. The van der Waals surface area contributed by atoms with Gasteiger partial charge in [-0.1, -0.05) is 0 Å². The Hall–Kier alpha value is 0.540. The first-order valence-electron chi connectivity index (χ1n) is 0.632. The van der Waals surface area contributed by atoms with E-state index in [4.69, 9.17) is 9.46 Å². The van der Waals surface area contributed by atoms with Crippen LogP contribution in [0.5, 0.6) is 0 Å². The van der Waals surface area contributed by atoms with E-state index in [0.717, 1.165) is 0 Å². The standard InChI is InChI=1S/H3O2PS/c1-3(2)4/h3H,(H2,1,2,4). The van der Waals surface area contributed by atoms with Crippen molar-refractivity contribution in [3.63, 3.8) is 0 Å². The summed E-state index contributed by atoms with van der Waals surface area (Å²) in [6.07, 6.45) is 0. The van der Waals surface area contributed by atoms with Crippen LogP contribution in [0.25, 0.3) is 0 Å². The van der Waals surface area contributed by atoms with Gasteiger partial charge in [0.25, 0.3) is 0 Å². The van der Waals surface area contributed by atoms with Crippen molar-refractivity contribution in [3.8, 4) is 0 Å². The normalized spacial score (nSPS) is 15.5. The van der Waals surface area contributed by atoms with Crippen LogP contribution in [0.2, 0.25) is 0 Å². The highest BCUT2D eigenvalue weighted by atomic mass is 32.7. The van der Waals surface area contributed by atoms with Crippen LogP contribution in [0.3, 0.4) is 0 Å². The average molecular weight is 98.1 g/mol. The SMILES string of the molecule is O=[PH](O)[S-].[H+]. The molecule has 1 atom stereocenters. The lowest BCUT2D eigenvalue weighted by Crippen LogP contribution is -1.31. The highest BCUT2D eigenvalue weighted by Gasteiger charge is 1.40. The summed E-state index contributed by atoms with van der Waals surface area (Å²) >= 11 is 3.72. The monoisotopic (exact) mass is 98.0 g/mol. The van der Waals surface area contributed by atoms with Crippen molar-refractivity contribution in [2.24, 2.45) is 0 Å². The lowest BCUT2D eigenvalue weighted by molar-refractivity contribution is 0.520. The van der Waals surface area contributed by atoms with Gasteiger partial charge in [-0.15, -0.1) is 0 Å². The molecule has 0 aromatic rings. The van der Waals surface area contributed by atoms with E-state index >= 15 is 0 Å². The van der Waals surface area contributed by atoms with Gasteiger partial charge in [0.05, 0.1) is 7.23 Å². The minimum Gasteiger partial charge on any atom is -0.693 e. The van der Waals surface area contributed by atoms with Gasteiger partial charge >= 0.3 is 1.43 Å². The number of rotatable bonds is 0. The molecule has 2 nitrogen and oxygen atoms in total. The summed E-state index contributed by atoms with van der Waals surface area (Å²) in [5, 5.41) is 0. The molecule has 0 amide bonds. The molecule has 0 bridgehead atoms. The lowest BCUT2D eigenvalue weighted by atomic mass is 15.9. The molecule has 0 fully saturated rings. The summed E-state index contributed by atoms with van der Waals surface area (Å²) in [4.78, 5) is 7.42. The number of hydrogen-bond donors (Lipinski definition) is 1. The van der Waals surface area contributed by atoms with Gasteiger partial charge in [-0.3, -0.25) is 0 Å². The van der Waals surface area contributed by atoms with E-state index in [9.17, 15) is 0 Å². The number of hydrogen-bond acceptors (Lipinski definition) is 2. The topological polar surface area (TPSA) is 37.3 Å². The third kappa shape index (κ3) is 20.7. The highest BCUT2D eigenvalue weighted by Crippen LogP contribution is 2.02. The maximum absolute atomic E-state index is 9.00. The molecule has 1 N–H and O–H groups in total. The Morgan fingerprint density at radius 3 is 2.25 bits per heavy atom. The van der Waals surface area contributed by atoms with Gasteiger partial charge in [-0.25, -0.2) is 0 Å². The first kappa shape index (κ1) is 4.54. The van der Waals surface area contributed by atoms with Crippen molar-refractivity contribution in [2.75, 3.05) is 0 Å². The molecule has 0 aromatic heterocycles. The average Bonchev–Trinajstić information content (AvgIpc) is 0.811. The van der Waals surface area contributed by atoms with Crippen LogP contribution in [-0.4, -0.2) is 4.89 Å². The molecule has 0 aliphatic rings. The fourth-order valence-corrected chi connectivity index (χ4v) is 0. The van der Waals surface area contributed by atoms with E-state index in [1.807, 2.05) is 0 Å². The lowest BCUT2D eigenvalue weighted by Gasteiger charge is -1.83. The van der Waals surface area contributed by atoms with E-state index in [1.54, 1.807) is 0 Å². The second-order valence-corrected chi connectivity index (χ2v) is 1.85. The molecule has 26 valence electrons. The minimum absolute atomic E-state index is 0.